The minimum Gasteiger partial charge on any atom is -0.497 e. The van der Waals surface area contributed by atoms with Crippen molar-refractivity contribution in [2.75, 3.05) is 27.3 Å². The van der Waals surface area contributed by atoms with E-state index in [2.05, 4.69) is 21.3 Å². The number of nitrogens with one attached hydrogen (secondary N) is 1. The number of benzene rings is 1. The Balaban J connectivity index is 1.50. The smallest absolute Gasteiger partial charge is 0.223 e. The molecule has 1 amide bonds. The highest BCUT2D eigenvalue weighted by molar-refractivity contribution is 5.79. The van der Waals surface area contributed by atoms with E-state index in [-0.39, 0.29) is 17.9 Å². The van der Waals surface area contributed by atoms with Gasteiger partial charge in [0, 0.05) is 30.8 Å². The van der Waals surface area contributed by atoms with Crippen molar-refractivity contribution in [2.24, 2.45) is 11.8 Å². The van der Waals surface area contributed by atoms with Crippen LogP contribution in [0.4, 0.5) is 0 Å². The van der Waals surface area contributed by atoms with Crippen molar-refractivity contribution in [1.29, 1.82) is 0 Å². The van der Waals surface area contributed by atoms with Gasteiger partial charge in [-0.2, -0.15) is 0 Å². The Labute approximate surface area is 191 Å². The van der Waals surface area contributed by atoms with Crippen LogP contribution in [0.2, 0.25) is 0 Å². The Morgan fingerprint density at radius 2 is 1.97 bits per heavy atom. The lowest BCUT2D eigenvalue weighted by atomic mass is 9.87. The third-order valence-electron chi connectivity index (χ3n) is 6.93. The summed E-state index contributed by atoms with van der Waals surface area (Å²) in [5.41, 5.74) is 2.08. The van der Waals surface area contributed by atoms with E-state index in [1.165, 1.54) is 0 Å². The number of ether oxygens (including phenoxy) is 2. The molecule has 0 unspecified atom stereocenters. The van der Waals surface area contributed by atoms with Crippen LogP contribution >= 0.6 is 0 Å². The van der Waals surface area contributed by atoms with Gasteiger partial charge in [0.1, 0.15) is 11.5 Å². The van der Waals surface area contributed by atoms with Gasteiger partial charge in [0.25, 0.3) is 0 Å². The van der Waals surface area contributed by atoms with E-state index in [0.717, 1.165) is 80.9 Å². The molecular formula is C26H35N3O3. The van der Waals surface area contributed by atoms with Gasteiger partial charge in [-0.15, -0.1) is 0 Å². The number of nitrogens with zero attached hydrogens (tertiary/aromatic N) is 2. The van der Waals surface area contributed by atoms with Crippen LogP contribution in [0.15, 0.2) is 42.6 Å². The second-order valence-corrected chi connectivity index (χ2v) is 9.04. The van der Waals surface area contributed by atoms with E-state index < -0.39 is 0 Å². The fourth-order valence-electron chi connectivity index (χ4n) is 5.21. The van der Waals surface area contributed by atoms with Crippen LogP contribution < -0.4 is 14.8 Å². The highest BCUT2D eigenvalue weighted by Crippen LogP contribution is 2.33. The molecular weight excluding hydrogens is 402 g/mol. The monoisotopic (exact) mass is 437 g/mol. The van der Waals surface area contributed by atoms with Gasteiger partial charge in [-0.1, -0.05) is 18.9 Å². The zero-order valence-electron chi connectivity index (χ0n) is 19.3. The summed E-state index contributed by atoms with van der Waals surface area (Å²) in [6.45, 7) is 2.73. The molecule has 0 spiro atoms. The maximum Gasteiger partial charge on any atom is 0.223 e. The third kappa shape index (κ3) is 5.41. The second-order valence-electron chi connectivity index (χ2n) is 9.04. The summed E-state index contributed by atoms with van der Waals surface area (Å²) < 4.78 is 11.0. The average molecular weight is 438 g/mol. The van der Waals surface area contributed by atoms with Crippen molar-refractivity contribution in [3.63, 3.8) is 0 Å². The van der Waals surface area contributed by atoms with Crippen molar-refractivity contribution in [2.45, 2.75) is 51.1 Å². The molecule has 4 rings (SSSR count). The zero-order chi connectivity index (χ0) is 22.3. The van der Waals surface area contributed by atoms with Crippen molar-refractivity contribution in [3.05, 3.63) is 53.9 Å². The Morgan fingerprint density at radius 1 is 1.12 bits per heavy atom. The molecule has 2 heterocycles. The largest absolute Gasteiger partial charge is 0.497 e. The fraction of sp³-hybridized carbons (Fsp3) is 0.538. The lowest BCUT2D eigenvalue weighted by molar-refractivity contribution is -0.126. The van der Waals surface area contributed by atoms with Gasteiger partial charge in [-0.05, 0) is 68.5 Å². The SMILES string of the molecule is COc1ccc(OC)c(CN2CCC[C@@H]([C@@H](NC(=O)C3CCCC3)c3ccccn3)C2)c1. The molecule has 1 saturated carbocycles. The number of hydrogen-bond acceptors (Lipinski definition) is 5. The molecule has 172 valence electrons. The van der Waals surface area contributed by atoms with Crippen molar-refractivity contribution in [1.82, 2.24) is 15.2 Å². The molecule has 1 aliphatic carbocycles. The Hall–Kier alpha value is -2.60. The highest BCUT2D eigenvalue weighted by Gasteiger charge is 2.33. The van der Waals surface area contributed by atoms with Crippen molar-refractivity contribution in [3.8, 4) is 11.5 Å². The van der Waals surface area contributed by atoms with Gasteiger partial charge in [-0.25, -0.2) is 0 Å². The number of pyridine rings is 1. The zero-order valence-corrected chi connectivity index (χ0v) is 19.3. The van der Waals surface area contributed by atoms with Gasteiger partial charge in [0.2, 0.25) is 5.91 Å². The molecule has 6 heteroatoms. The number of amides is 1. The van der Waals surface area contributed by atoms with Crippen LogP contribution in [0.3, 0.4) is 0 Å². The molecule has 1 N–H and O–H groups in total. The first kappa shape index (κ1) is 22.6. The first-order valence-corrected chi connectivity index (χ1v) is 11.8. The Kier molecular flexibility index (Phi) is 7.63. The van der Waals surface area contributed by atoms with E-state index in [1.807, 2.05) is 36.5 Å². The van der Waals surface area contributed by atoms with Crippen LogP contribution in [-0.4, -0.2) is 43.1 Å². The summed E-state index contributed by atoms with van der Waals surface area (Å²) in [5.74, 6) is 2.39. The molecule has 1 aromatic heterocycles. The number of methoxy groups -OCH3 is 2. The summed E-state index contributed by atoms with van der Waals surface area (Å²) in [6, 6.07) is 11.9. The molecule has 0 bridgehead atoms. The molecule has 2 aliphatic rings. The number of likely N-dealkylation sites (tertiary alicyclic amines) is 1. The molecule has 1 saturated heterocycles. The molecule has 2 fully saturated rings. The summed E-state index contributed by atoms with van der Waals surface area (Å²) in [5, 5.41) is 3.40. The van der Waals surface area contributed by atoms with Crippen LogP contribution in [0, 0.1) is 11.8 Å². The standard InChI is InChI=1S/C26H35N3O3/c1-31-22-12-13-24(32-2)21(16-22)18-29-15-7-10-20(17-29)25(23-11-5-6-14-27-23)28-26(30)19-8-3-4-9-19/h5-6,11-14,16,19-20,25H,3-4,7-10,15,17-18H2,1-2H3,(H,28,30)/t20-,25-/m1/s1. The van der Waals surface area contributed by atoms with Crippen LogP contribution in [-0.2, 0) is 11.3 Å². The highest BCUT2D eigenvalue weighted by atomic mass is 16.5. The summed E-state index contributed by atoms with van der Waals surface area (Å²) >= 11 is 0. The van der Waals surface area contributed by atoms with Gasteiger partial charge in [0.05, 0.1) is 26.0 Å². The summed E-state index contributed by atoms with van der Waals surface area (Å²) in [6.07, 6.45) is 8.33. The van der Waals surface area contributed by atoms with Gasteiger partial charge in [0.15, 0.2) is 0 Å². The van der Waals surface area contributed by atoms with E-state index in [4.69, 9.17) is 9.47 Å². The molecule has 32 heavy (non-hydrogen) atoms. The minimum absolute atomic E-state index is 0.0562. The number of rotatable bonds is 8. The number of piperidine rings is 1. The Morgan fingerprint density at radius 3 is 2.69 bits per heavy atom. The number of hydrogen-bond donors (Lipinski definition) is 1. The predicted octanol–water partition coefficient (Wildman–Crippen LogP) is 4.36. The summed E-state index contributed by atoms with van der Waals surface area (Å²) in [7, 11) is 3.40. The van der Waals surface area contributed by atoms with Crippen LogP contribution in [0.1, 0.15) is 55.8 Å². The van der Waals surface area contributed by atoms with Gasteiger partial charge >= 0.3 is 0 Å². The lowest BCUT2D eigenvalue weighted by Crippen LogP contribution is -2.44. The van der Waals surface area contributed by atoms with E-state index >= 15 is 0 Å². The minimum atomic E-state index is -0.0562. The van der Waals surface area contributed by atoms with Crippen LogP contribution in [0.5, 0.6) is 11.5 Å². The number of aromatic nitrogens is 1. The van der Waals surface area contributed by atoms with Gasteiger partial charge < -0.3 is 14.8 Å². The average Bonchev–Trinajstić information content (AvgIpc) is 3.38. The maximum absolute atomic E-state index is 13.0. The van der Waals surface area contributed by atoms with Crippen LogP contribution in [0.25, 0.3) is 0 Å². The van der Waals surface area contributed by atoms with Gasteiger partial charge in [-0.3, -0.25) is 14.7 Å². The first-order chi connectivity index (χ1) is 15.7. The van der Waals surface area contributed by atoms with E-state index in [9.17, 15) is 4.79 Å². The number of carbonyl (C=O) groups is 1. The van der Waals surface area contributed by atoms with E-state index in [1.54, 1.807) is 14.2 Å². The lowest BCUT2D eigenvalue weighted by Gasteiger charge is -2.37. The summed E-state index contributed by atoms with van der Waals surface area (Å²) in [4.78, 5) is 20.1. The Bertz CT molecular complexity index is 883. The quantitative estimate of drug-likeness (QED) is 0.665. The first-order valence-electron chi connectivity index (χ1n) is 11.8. The fourth-order valence-corrected chi connectivity index (χ4v) is 5.21. The molecule has 2 atom stereocenters. The second kappa shape index (κ2) is 10.8. The predicted molar refractivity (Wildman–Crippen MR) is 125 cm³/mol. The topological polar surface area (TPSA) is 63.7 Å². The number of carbonyl (C=O) groups excluding carboxylic acids is 1. The molecule has 0 radical (unpaired) electrons. The van der Waals surface area contributed by atoms with Crippen molar-refractivity contribution < 1.29 is 14.3 Å². The van der Waals surface area contributed by atoms with E-state index in [0.29, 0.717) is 5.92 Å². The third-order valence-corrected chi connectivity index (χ3v) is 6.93. The maximum atomic E-state index is 13.0. The molecule has 2 aromatic rings. The van der Waals surface area contributed by atoms with Crippen molar-refractivity contribution >= 4 is 5.91 Å². The molecule has 6 nitrogen and oxygen atoms in total. The molecule has 1 aromatic carbocycles. The normalized spacial score (nSPS) is 20.6. The molecule has 1 aliphatic heterocycles.